The fraction of sp³-hybridized carbons (Fsp3) is 0.842. The molecule has 1 saturated carbocycles. The van der Waals surface area contributed by atoms with Gasteiger partial charge in [-0.25, -0.2) is 0 Å². The van der Waals surface area contributed by atoms with Crippen LogP contribution in [0.2, 0.25) is 0 Å². The molecule has 5 heteroatoms. The number of ketones is 3. The van der Waals surface area contributed by atoms with Gasteiger partial charge < -0.3 is 9.84 Å². The van der Waals surface area contributed by atoms with E-state index >= 15 is 0 Å². The van der Waals surface area contributed by atoms with Crippen LogP contribution in [0.4, 0.5) is 0 Å². The molecular weight excluding hydrogens is 308 g/mol. The zero-order chi connectivity index (χ0) is 17.9. The lowest BCUT2D eigenvalue weighted by molar-refractivity contribution is -0.131. The lowest BCUT2D eigenvalue weighted by Crippen LogP contribution is -2.28. The number of aliphatic hydroxyl groups excluding tert-OH is 1. The molecule has 2 unspecified atom stereocenters. The van der Waals surface area contributed by atoms with E-state index in [9.17, 15) is 19.5 Å². The molecule has 3 atom stereocenters. The molecule has 0 radical (unpaired) electrons. The van der Waals surface area contributed by atoms with Gasteiger partial charge in [0.15, 0.2) is 0 Å². The Bertz CT molecular complexity index is 418. The molecule has 1 aliphatic rings. The molecule has 1 rings (SSSR count). The van der Waals surface area contributed by atoms with Crippen LogP contribution in [0.5, 0.6) is 0 Å². The highest BCUT2D eigenvalue weighted by atomic mass is 16.5. The van der Waals surface area contributed by atoms with Crippen molar-refractivity contribution in [3.8, 4) is 0 Å². The average molecular weight is 340 g/mol. The van der Waals surface area contributed by atoms with Gasteiger partial charge >= 0.3 is 0 Å². The number of carbonyl (C=O) groups excluding carboxylic acids is 3. The summed E-state index contributed by atoms with van der Waals surface area (Å²) in [5.74, 6) is 0.572. The molecule has 24 heavy (non-hydrogen) atoms. The van der Waals surface area contributed by atoms with Crippen LogP contribution in [0, 0.1) is 11.8 Å². The fourth-order valence-electron chi connectivity index (χ4n) is 3.44. The van der Waals surface area contributed by atoms with Gasteiger partial charge in [0.05, 0.1) is 6.10 Å². The average Bonchev–Trinajstić information content (AvgIpc) is 2.57. The first-order valence-electron chi connectivity index (χ1n) is 9.19. The van der Waals surface area contributed by atoms with E-state index < -0.39 is 6.10 Å². The molecule has 1 N–H and O–H groups in total. The first kappa shape index (κ1) is 21.0. The fourth-order valence-corrected chi connectivity index (χ4v) is 3.44. The smallest absolute Gasteiger partial charge is 0.136 e. The second-order valence-electron chi connectivity index (χ2n) is 6.97. The highest BCUT2D eigenvalue weighted by molar-refractivity contribution is 5.89. The Morgan fingerprint density at radius 2 is 2.00 bits per heavy atom. The normalized spacial score (nSPS) is 22.4. The van der Waals surface area contributed by atoms with Gasteiger partial charge in [-0.2, -0.15) is 0 Å². The van der Waals surface area contributed by atoms with E-state index in [4.69, 9.17) is 4.74 Å². The van der Waals surface area contributed by atoms with Crippen molar-refractivity contribution >= 4 is 17.3 Å². The van der Waals surface area contributed by atoms with E-state index in [-0.39, 0.29) is 29.2 Å². The number of methoxy groups -OCH3 is 1. The zero-order valence-corrected chi connectivity index (χ0v) is 15.1. The van der Waals surface area contributed by atoms with Crippen LogP contribution in [0.15, 0.2) is 0 Å². The van der Waals surface area contributed by atoms with Crippen LogP contribution in [0.25, 0.3) is 0 Å². The SMILES string of the molecule is CCC(=O)C1CC(=O)CC(CC[C@@H](O)CCC(=O)CCCOC)C1. The maximum absolute atomic E-state index is 11.8. The monoisotopic (exact) mass is 340 g/mol. The molecule has 0 amide bonds. The summed E-state index contributed by atoms with van der Waals surface area (Å²) in [6.45, 7) is 2.42. The predicted octanol–water partition coefficient (Wildman–Crippen LogP) is 2.87. The van der Waals surface area contributed by atoms with Crippen molar-refractivity contribution in [2.75, 3.05) is 13.7 Å². The van der Waals surface area contributed by atoms with Gasteiger partial charge in [-0.15, -0.1) is 0 Å². The zero-order valence-electron chi connectivity index (χ0n) is 15.1. The minimum absolute atomic E-state index is 0.124. The maximum Gasteiger partial charge on any atom is 0.136 e. The van der Waals surface area contributed by atoms with Gasteiger partial charge in [-0.05, 0) is 38.0 Å². The van der Waals surface area contributed by atoms with Gasteiger partial charge in [0.1, 0.15) is 17.3 Å². The molecule has 0 aliphatic heterocycles. The van der Waals surface area contributed by atoms with Crippen LogP contribution in [-0.4, -0.2) is 42.3 Å². The van der Waals surface area contributed by atoms with Crippen molar-refractivity contribution in [2.24, 2.45) is 11.8 Å². The van der Waals surface area contributed by atoms with Gasteiger partial charge in [0.2, 0.25) is 0 Å². The van der Waals surface area contributed by atoms with Crippen molar-refractivity contribution in [3.05, 3.63) is 0 Å². The first-order chi connectivity index (χ1) is 11.5. The summed E-state index contributed by atoms with van der Waals surface area (Å²) in [6.07, 6.45) is 5.09. The third-order valence-electron chi connectivity index (χ3n) is 4.88. The number of hydrogen-bond acceptors (Lipinski definition) is 5. The second-order valence-corrected chi connectivity index (χ2v) is 6.97. The summed E-state index contributed by atoms with van der Waals surface area (Å²) < 4.78 is 4.91. The Morgan fingerprint density at radius 3 is 2.67 bits per heavy atom. The maximum atomic E-state index is 11.8. The second kappa shape index (κ2) is 11.5. The molecule has 0 heterocycles. The van der Waals surface area contributed by atoms with E-state index in [0.717, 1.165) is 19.3 Å². The summed E-state index contributed by atoms with van der Waals surface area (Å²) in [7, 11) is 1.61. The van der Waals surface area contributed by atoms with Gasteiger partial charge in [-0.3, -0.25) is 14.4 Å². The minimum Gasteiger partial charge on any atom is -0.393 e. The van der Waals surface area contributed by atoms with E-state index in [0.29, 0.717) is 51.6 Å². The van der Waals surface area contributed by atoms with Crippen LogP contribution in [0.3, 0.4) is 0 Å². The Kier molecular flexibility index (Phi) is 10.0. The Labute approximate surface area is 145 Å². The number of ether oxygens (including phenoxy) is 1. The topological polar surface area (TPSA) is 80.7 Å². The number of rotatable bonds is 12. The molecule has 138 valence electrons. The van der Waals surface area contributed by atoms with Crippen molar-refractivity contribution in [3.63, 3.8) is 0 Å². The standard InChI is InChI=1S/C19H32O5/c1-3-19(23)15-11-14(12-18(22)13-15)6-7-17(21)9-8-16(20)5-4-10-24-2/h14-15,17,21H,3-13H2,1-2H3/t14?,15?,17-/m1/s1. The molecule has 5 nitrogen and oxygen atoms in total. The van der Waals surface area contributed by atoms with E-state index in [1.54, 1.807) is 7.11 Å². The van der Waals surface area contributed by atoms with Crippen LogP contribution in [-0.2, 0) is 19.1 Å². The van der Waals surface area contributed by atoms with Gasteiger partial charge in [0.25, 0.3) is 0 Å². The van der Waals surface area contributed by atoms with Crippen molar-refractivity contribution in [1.29, 1.82) is 0 Å². The summed E-state index contributed by atoms with van der Waals surface area (Å²) in [4.78, 5) is 35.3. The molecule has 0 spiro atoms. The summed E-state index contributed by atoms with van der Waals surface area (Å²) in [6, 6.07) is 0. The lowest BCUT2D eigenvalue weighted by Gasteiger charge is -2.27. The molecule has 0 bridgehead atoms. The molecule has 0 saturated heterocycles. The minimum atomic E-state index is -0.506. The lowest BCUT2D eigenvalue weighted by atomic mass is 9.76. The summed E-state index contributed by atoms with van der Waals surface area (Å²) >= 11 is 0. The first-order valence-corrected chi connectivity index (χ1v) is 9.19. The highest BCUT2D eigenvalue weighted by Crippen LogP contribution is 2.31. The van der Waals surface area contributed by atoms with Crippen LogP contribution < -0.4 is 0 Å². The summed E-state index contributed by atoms with van der Waals surface area (Å²) in [5.41, 5.74) is 0. The van der Waals surface area contributed by atoms with E-state index in [2.05, 4.69) is 0 Å². The van der Waals surface area contributed by atoms with Gasteiger partial charge in [0, 0.05) is 51.7 Å². The third kappa shape index (κ3) is 8.15. The highest BCUT2D eigenvalue weighted by Gasteiger charge is 2.30. The molecule has 0 aromatic rings. The number of Topliss-reactive ketones (excluding diaryl/α,β-unsaturated/α-hetero) is 3. The van der Waals surface area contributed by atoms with Crippen LogP contribution in [0.1, 0.15) is 71.1 Å². The Balaban J connectivity index is 2.25. The largest absolute Gasteiger partial charge is 0.393 e. The molecule has 0 aromatic carbocycles. The number of aliphatic hydroxyl groups is 1. The van der Waals surface area contributed by atoms with Crippen molar-refractivity contribution in [2.45, 2.75) is 77.2 Å². The van der Waals surface area contributed by atoms with Crippen molar-refractivity contribution < 1.29 is 24.2 Å². The quantitative estimate of drug-likeness (QED) is 0.553. The van der Waals surface area contributed by atoms with E-state index in [1.165, 1.54) is 0 Å². The summed E-state index contributed by atoms with van der Waals surface area (Å²) in [5, 5.41) is 10.1. The Hall–Kier alpha value is -1.07. The molecule has 0 aromatic heterocycles. The third-order valence-corrected chi connectivity index (χ3v) is 4.88. The molecule has 1 fully saturated rings. The van der Waals surface area contributed by atoms with Crippen molar-refractivity contribution in [1.82, 2.24) is 0 Å². The number of hydrogen-bond donors (Lipinski definition) is 1. The van der Waals surface area contributed by atoms with Gasteiger partial charge in [-0.1, -0.05) is 6.92 Å². The number of carbonyl (C=O) groups is 3. The molecular formula is C19H32O5. The van der Waals surface area contributed by atoms with Crippen LogP contribution >= 0.6 is 0 Å². The predicted molar refractivity (Wildman–Crippen MR) is 91.7 cm³/mol. The molecule has 1 aliphatic carbocycles. The van der Waals surface area contributed by atoms with E-state index in [1.807, 2.05) is 6.92 Å². The Morgan fingerprint density at radius 1 is 1.25 bits per heavy atom.